The number of rotatable bonds is 6. The van der Waals surface area contributed by atoms with E-state index in [0.717, 1.165) is 44.1 Å². The molecule has 1 aromatic rings. The Kier molecular flexibility index (Phi) is 9.10. The fourth-order valence-electron chi connectivity index (χ4n) is 3.21. The molecule has 1 aliphatic heterocycles. The molecule has 1 saturated carbocycles. The summed E-state index contributed by atoms with van der Waals surface area (Å²) in [6.07, 6.45) is 3.70. The predicted octanol–water partition coefficient (Wildman–Crippen LogP) is 4.47. The summed E-state index contributed by atoms with van der Waals surface area (Å²) in [6, 6.07) is 3.77. The van der Waals surface area contributed by atoms with Gasteiger partial charge in [0.25, 0.3) is 0 Å². The van der Waals surface area contributed by atoms with Gasteiger partial charge in [-0.25, -0.2) is 4.39 Å². The van der Waals surface area contributed by atoms with E-state index in [1.807, 2.05) is 13.0 Å². The minimum Gasteiger partial charge on any atom is -0.489 e. The van der Waals surface area contributed by atoms with E-state index in [0.29, 0.717) is 11.6 Å². The number of hydrogen-bond acceptors (Lipinski definition) is 3. The molecule has 1 saturated heterocycles. The van der Waals surface area contributed by atoms with Crippen LogP contribution in [0.2, 0.25) is 5.02 Å². The third-order valence-corrected chi connectivity index (χ3v) is 4.82. The van der Waals surface area contributed by atoms with Gasteiger partial charge < -0.3 is 10.1 Å². The Morgan fingerprint density at radius 3 is 2.50 bits per heavy atom. The zero-order valence-corrected chi connectivity index (χ0v) is 16.3. The second-order valence-corrected chi connectivity index (χ2v) is 6.63. The average Bonchev–Trinajstić information content (AvgIpc) is 3.33. The Balaban J connectivity index is 0.00000144. The van der Waals surface area contributed by atoms with Crippen molar-refractivity contribution in [2.45, 2.75) is 32.2 Å². The summed E-state index contributed by atoms with van der Waals surface area (Å²) in [5.41, 5.74) is 0.986. The van der Waals surface area contributed by atoms with Gasteiger partial charge in [-0.2, -0.15) is 0 Å². The SMILES string of the molecule is CCOc1c(F)cc([C@H](CC2CC2)N2CCNCC2)cc1Cl.Cl.Cl. The Morgan fingerprint density at radius 1 is 1.29 bits per heavy atom. The second kappa shape index (κ2) is 10.0. The van der Waals surface area contributed by atoms with Crippen LogP contribution >= 0.6 is 36.4 Å². The fourth-order valence-corrected chi connectivity index (χ4v) is 3.48. The highest BCUT2D eigenvalue weighted by Gasteiger charge is 2.31. The first-order valence-electron chi connectivity index (χ1n) is 8.25. The van der Waals surface area contributed by atoms with Crippen LogP contribution in [0.25, 0.3) is 0 Å². The molecule has 7 heteroatoms. The van der Waals surface area contributed by atoms with Crippen LogP contribution < -0.4 is 10.1 Å². The maximum atomic E-state index is 14.3. The molecule has 1 aromatic carbocycles. The summed E-state index contributed by atoms with van der Waals surface area (Å²) in [7, 11) is 0. The molecule has 2 aliphatic rings. The Labute approximate surface area is 161 Å². The maximum Gasteiger partial charge on any atom is 0.173 e. The van der Waals surface area contributed by atoms with E-state index in [9.17, 15) is 4.39 Å². The van der Waals surface area contributed by atoms with Crippen LogP contribution in [0.3, 0.4) is 0 Å². The molecule has 0 bridgehead atoms. The number of benzene rings is 1. The lowest BCUT2D eigenvalue weighted by molar-refractivity contribution is 0.160. The standard InChI is InChI=1S/C17H24ClFN2O.2ClH/c1-2-22-17-14(18)10-13(11-15(17)19)16(9-12-3-4-12)21-7-5-20-6-8-21;;/h10-12,16,20H,2-9H2,1H3;2*1H/t16-;;/m0../s1. The van der Waals surface area contributed by atoms with Crippen LogP contribution in [0.15, 0.2) is 12.1 Å². The van der Waals surface area contributed by atoms with E-state index < -0.39 is 0 Å². The van der Waals surface area contributed by atoms with Crippen LogP contribution in [0.5, 0.6) is 5.75 Å². The lowest BCUT2D eigenvalue weighted by Crippen LogP contribution is -2.45. The zero-order valence-electron chi connectivity index (χ0n) is 13.9. The highest BCUT2D eigenvalue weighted by molar-refractivity contribution is 6.32. The van der Waals surface area contributed by atoms with Gasteiger partial charge in [0, 0.05) is 32.2 Å². The van der Waals surface area contributed by atoms with Crippen LogP contribution in [-0.4, -0.2) is 37.7 Å². The van der Waals surface area contributed by atoms with E-state index >= 15 is 0 Å². The number of nitrogens with zero attached hydrogens (tertiary/aromatic N) is 1. The van der Waals surface area contributed by atoms with Crippen molar-refractivity contribution in [3.8, 4) is 5.75 Å². The van der Waals surface area contributed by atoms with Crippen molar-refractivity contribution in [3.63, 3.8) is 0 Å². The minimum absolute atomic E-state index is 0. The zero-order chi connectivity index (χ0) is 15.5. The molecule has 1 N–H and O–H groups in total. The van der Waals surface area contributed by atoms with Gasteiger partial charge in [-0.05, 0) is 37.0 Å². The first-order chi connectivity index (χ1) is 10.7. The van der Waals surface area contributed by atoms with Gasteiger partial charge in [0.2, 0.25) is 0 Å². The molecular formula is C17H26Cl3FN2O. The molecule has 1 aliphatic carbocycles. The number of hydrogen-bond donors (Lipinski definition) is 1. The first kappa shape index (κ1) is 21.8. The molecule has 0 spiro atoms. The van der Waals surface area contributed by atoms with E-state index in [-0.39, 0.29) is 42.4 Å². The predicted molar refractivity (Wildman–Crippen MR) is 102 cm³/mol. The summed E-state index contributed by atoms with van der Waals surface area (Å²) in [5.74, 6) is 0.618. The van der Waals surface area contributed by atoms with Crippen molar-refractivity contribution < 1.29 is 9.13 Å². The summed E-state index contributed by atoms with van der Waals surface area (Å²) in [6.45, 7) is 6.25. The van der Waals surface area contributed by atoms with Crippen molar-refractivity contribution in [1.29, 1.82) is 0 Å². The molecule has 2 fully saturated rings. The molecule has 3 rings (SSSR count). The molecule has 3 nitrogen and oxygen atoms in total. The highest BCUT2D eigenvalue weighted by Crippen LogP contribution is 2.42. The van der Waals surface area contributed by atoms with E-state index in [4.69, 9.17) is 16.3 Å². The number of nitrogens with one attached hydrogen (secondary N) is 1. The van der Waals surface area contributed by atoms with Gasteiger partial charge in [-0.3, -0.25) is 4.90 Å². The first-order valence-corrected chi connectivity index (χ1v) is 8.63. The topological polar surface area (TPSA) is 24.5 Å². The summed E-state index contributed by atoms with van der Waals surface area (Å²) < 4.78 is 19.6. The maximum absolute atomic E-state index is 14.3. The molecule has 0 amide bonds. The number of ether oxygens (including phenoxy) is 1. The normalized spacial score (nSPS) is 19.1. The van der Waals surface area contributed by atoms with Crippen molar-refractivity contribution in [2.75, 3.05) is 32.8 Å². The quantitative estimate of drug-likeness (QED) is 0.764. The molecule has 24 heavy (non-hydrogen) atoms. The van der Waals surface area contributed by atoms with Crippen molar-refractivity contribution in [1.82, 2.24) is 10.2 Å². The highest BCUT2D eigenvalue weighted by atomic mass is 35.5. The average molecular weight is 400 g/mol. The summed E-state index contributed by atoms with van der Waals surface area (Å²) >= 11 is 6.25. The summed E-state index contributed by atoms with van der Waals surface area (Å²) in [4.78, 5) is 2.46. The summed E-state index contributed by atoms with van der Waals surface area (Å²) in [5, 5.41) is 3.76. The third kappa shape index (κ3) is 5.37. The molecule has 1 heterocycles. The largest absolute Gasteiger partial charge is 0.489 e. The van der Waals surface area contributed by atoms with Crippen molar-refractivity contribution >= 4 is 36.4 Å². The third-order valence-electron chi connectivity index (χ3n) is 4.54. The van der Waals surface area contributed by atoms with E-state index in [1.165, 1.54) is 12.8 Å². The Hall–Kier alpha value is -0.260. The van der Waals surface area contributed by atoms with Gasteiger partial charge in [-0.15, -0.1) is 24.8 Å². The Bertz CT molecular complexity index is 500. The van der Waals surface area contributed by atoms with Gasteiger partial charge >= 0.3 is 0 Å². The minimum atomic E-state index is -0.347. The lowest BCUT2D eigenvalue weighted by atomic mass is 9.98. The molecule has 1 atom stereocenters. The molecule has 0 aromatic heterocycles. The van der Waals surface area contributed by atoms with Gasteiger partial charge in [-0.1, -0.05) is 24.4 Å². The molecule has 138 valence electrons. The Morgan fingerprint density at radius 2 is 1.96 bits per heavy atom. The number of piperazine rings is 1. The monoisotopic (exact) mass is 398 g/mol. The van der Waals surface area contributed by atoms with Crippen LogP contribution in [0, 0.1) is 11.7 Å². The molecular weight excluding hydrogens is 374 g/mol. The lowest BCUT2D eigenvalue weighted by Gasteiger charge is -2.35. The van der Waals surface area contributed by atoms with Crippen LogP contribution in [0.4, 0.5) is 4.39 Å². The molecule has 0 radical (unpaired) electrons. The van der Waals surface area contributed by atoms with Crippen molar-refractivity contribution in [3.05, 3.63) is 28.5 Å². The van der Waals surface area contributed by atoms with E-state index in [2.05, 4.69) is 10.2 Å². The van der Waals surface area contributed by atoms with Gasteiger partial charge in [0.05, 0.1) is 11.6 Å². The second-order valence-electron chi connectivity index (χ2n) is 6.23. The van der Waals surface area contributed by atoms with E-state index in [1.54, 1.807) is 6.07 Å². The number of halogens is 4. The van der Waals surface area contributed by atoms with Crippen LogP contribution in [0.1, 0.15) is 37.8 Å². The smallest absolute Gasteiger partial charge is 0.173 e. The van der Waals surface area contributed by atoms with Crippen LogP contribution in [-0.2, 0) is 0 Å². The van der Waals surface area contributed by atoms with Gasteiger partial charge in [0.1, 0.15) is 0 Å². The fraction of sp³-hybridized carbons (Fsp3) is 0.647. The van der Waals surface area contributed by atoms with Crippen molar-refractivity contribution in [2.24, 2.45) is 5.92 Å². The molecule has 0 unspecified atom stereocenters. The van der Waals surface area contributed by atoms with Gasteiger partial charge in [0.15, 0.2) is 11.6 Å².